The first-order valence-electron chi connectivity index (χ1n) is 7.32. The molecule has 0 spiro atoms. The number of amides is 2. The molecule has 0 unspecified atom stereocenters. The van der Waals surface area contributed by atoms with Crippen molar-refractivity contribution in [1.82, 2.24) is 5.32 Å². The summed E-state index contributed by atoms with van der Waals surface area (Å²) < 4.78 is 5.64. The van der Waals surface area contributed by atoms with E-state index < -0.39 is 0 Å². The van der Waals surface area contributed by atoms with Crippen LogP contribution in [0.2, 0.25) is 5.02 Å². The van der Waals surface area contributed by atoms with Gasteiger partial charge < -0.3 is 15.1 Å². The normalized spacial score (nSPS) is 10.6. The highest BCUT2D eigenvalue weighted by molar-refractivity contribution is 6.34. The Balaban J connectivity index is 1.92. The number of halogens is 1. The maximum atomic E-state index is 12.5. The van der Waals surface area contributed by atoms with E-state index in [2.05, 4.69) is 10.6 Å². The third-order valence-corrected chi connectivity index (χ3v) is 4.08. The van der Waals surface area contributed by atoms with Gasteiger partial charge >= 0.3 is 0 Å². The molecular formula is C18H15ClN2O3. The summed E-state index contributed by atoms with van der Waals surface area (Å²) in [4.78, 5) is 24.3. The molecule has 0 saturated heterocycles. The van der Waals surface area contributed by atoms with Gasteiger partial charge in [-0.15, -0.1) is 0 Å². The first-order chi connectivity index (χ1) is 11.5. The first-order valence-corrected chi connectivity index (χ1v) is 7.70. The van der Waals surface area contributed by atoms with Crippen LogP contribution in [0.1, 0.15) is 26.5 Å². The van der Waals surface area contributed by atoms with E-state index in [4.69, 9.17) is 16.0 Å². The Morgan fingerprint density at radius 2 is 1.83 bits per heavy atom. The second-order valence-electron chi connectivity index (χ2n) is 5.28. The molecule has 0 aliphatic carbocycles. The van der Waals surface area contributed by atoms with Crippen molar-refractivity contribution in [2.75, 3.05) is 12.4 Å². The van der Waals surface area contributed by atoms with Gasteiger partial charge in [-0.3, -0.25) is 9.59 Å². The van der Waals surface area contributed by atoms with Crippen LogP contribution in [0.25, 0.3) is 11.0 Å². The molecule has 1 heterocycles. The standard InChI is InChI=1S/C18H15ClN2O3/c1-10-12-5-3-4-6-15(12)24-16(10)18(23)21-11-7-8-14(19)13(9-11)17(22)20-2/h3-9H,1-2H3,(H,20,22)(H,21,23). The fourth-order valence-electron chi connectivity index (χ4n) is 2.49. The van der Waals surface area contributed by atoms with E-state index in [0.717, 1.165) is 10.9 Å². The SMILES string of the molecule is CNC(=O)c1cc(NC(=O)c2oc3ccccc3c2C)ccc1Cl. The number of carbonyl (C=O) groups is 2. The van der Waals surface area contributed by atoms with Crippen molar-refractivity contribution in [1.29, 1.82) is 0 Å². The Hall–Kier alpha value is -2.79. The maximum Gasteiger partial charge on any atom is 0.291 e. The van der Waals surface area contributed by atoms with Crippen LogP contribution in [-0.4, -0.2) is 18.9 Å². The van der Waals surface area contributed by atoms with Gasteiger partial charge in [0, 0.05) is 23.7 Å². The number of benzene rings is 2. The molecule has 5 nitrogen and oxygen atoms in total. The number of fused-ring (bicyclic) bond motifs is 1. The lowest BCUT2D eigenvalue weighted by Gasteiger charge is -2.08. The summed E-state index contributed by atoms with van der Waals surface area (Å²) in [6.07, 6.45) is 0. The molecule has 1 aromatic heterocycles. The molecule has 2 aromatic carbocycles. The van der Waals surface area contributed by atoms with E-state index in [1.165, 1.54) is 13.1 Å². The zero-order chi connectivity index (χ0) is 17.3. The van der Waals surface area contributed by atoms with Gasteiger partial charge in [-0.25, -0.2) is 0 Å². The maximum absolute atomic E-state index is 12.5. The van der Waals surface area contributed by atoms with Crippen molar-refractivity contribution < 1.29 is 14.0 Å². The fraction of sp³-hybridized carbons (Fsp3) is 0.111. The average molecular weight is 343 g/mol. The van der Waals surface area contributed by atoms with Crippen LogP contribution >= 0.6 is 11.6 Å². The summed E-state index contributed by atoms with van der Waals surface area (Å²) in [7, 11) is 1.52. The number of carbonyl (C=O) groups excluding carboxylic acids is 2. The van der Waals surface area contributed by atoms with Crippen molar-refractivity contribution in [3.8, 4) is 0 Å². The van der Waals surface area contributed by atoms with Crippen LogP contribution in [-0.2, 0) is 0 Å². The zero-order valence-corrected chi connectivity index (χ0v) is 13.9. The molecule has 0 aliphatic heterocycles. The number of anilines is 1. The van der Waals surface area contributed by atoms with E-state index in [1.54, 1.807) is 12.1 Å². The van der Waals surface area contributed by atoms with Gasteiger partial charge in [0.15, 0.2) is 5.76 Å². The summed E-state index contributed by atoms with van der Waals surface area (Å²) >= 11 is 6.01. The number of nitrogens with one attached hydrogen (secondary N) is 2. The quantitative estimate of drug-likeness (QED) is 0.755. The zero-order valence-electron chi connectivity index (χ0n) is 13.1. The smallest absolute Gasteiger partial charge is 0.291 e. The molecule has 6 heteroatoms. The van der Waals surface area contributed by atoms with Gasteiger partial charge in [-0.05, 0) is 31.2 Å². The van der Waals surface area contributed by atoms with Crippen molar-refractivity contribution in [2.45, 2.75) is 6.92 Å². The number of furan rings is 1. The molecule has 2 amide bonds. The summed E-state index contributed by atoms with van der Waals surface area (Å²) in [6, 6.07) is 12.2. The highest BCUT2D eigenvalue weighted by atomic mass is 35.5. The van der Waals surface area contributed by atoms with Crippen LogP contribution in [0.4, 0.5) is 5.69 Å². The minimum absolute atomic E-state index is 0.243. The predicted octanol–water partition coefficient (Wildman–Crippen LogP) is 4.01. The second-order valence-corrected chi connectivity index (χ2v) is 5.69. The van der Waals surface area contributed by atoms with E-state index in [1.807, 2.05) is 31.2 Å². The van der Waals surface area contributed by atoms with Crippen molar-refractivity contribution in [3.05, 3.63) is 64.4 Å². The van der Waals surface area contributed by atoms with Crippen LogP contribution in [0.3, 0.4) is 0 Å². The average Bonchev–Trinajstić information content (AvgIpc) is 2.93. The molecule has 2 N–H and O–H groups in total. The summed E-state index contributed by atoms with van der Waals surface area (Å²) in [5.74, 6) is -0.461. The minimum Gasteiger partial charge on any atom is -0.451 e. The monoisotopic (exact) mass is 342 g/mol. The molecule has 0 radical (unpaired) electrons. The van der Waals surface area contributed by atoms with E-state index >= 15 is 0 Å². The fourth-order valence-corrected chi connectivity index (χ4v) is 2.69. The molecule has 0 aliphatic rings. The topological polar surface area (TPSA) is 71.3 Å². The third kappa shape index (κ3) is 2.86. The number of para-hydroxylation sites is 1. The second kappa shape index (κ2) is 6.37. The van der Waals surface area contributed by atoms with E-state index in [0.29, 0.717) is 21.9 Å². The van der Waals surface area contributed by atoms with Gasteiger partial charge in [-0.2, -0.15) is 0 Å². The minimum atomic E-state index is -0.381. The molecule has 3 rings (SSSR count). The number of rotatable bonds is 3. The highest BCUT2D eigenvalue weighted by Gasteiger charge is 2.18. The molecule has 24 heavy (non-hydrogen) atoms. The van der Waals surface area contributed by atoms with Gasteiger partial charge in [0.1, 0.15) is 5.58 Å². The lowest BCUT2D eigenvalue weighted by atomic mass is 10.1. The number of aryl methyl sites for hydroxylation is 1. The van der Waals surface area contributed by atoms with Crippen LogP contribution in [0.15, 0.2) is 46.9 Å². The largest absolute Gasteiger partial charge is 0.451 e. The molecule has 0 atom stereocenters. The molecule has 0 bridgehead atoms. The summed E-state index contributed by atoms with van der Waals surface area (Å²) in [5, 5.41) is 6.45. The van der Waals surface area contributed by atoms with Gasteiger partial charge in [0.2, 0.25) is 0 Å². The molecule has 0 saturated carbocycles. The van der Waals surface area contributed by atoms with E-state index in [9.17, 15) is 9.59 Å². The Kier molecular flexibility index (Phi) is 4.27. The number of hydrogen-bond acceptors (Lipinski definition) is 3. The van der Waals surface area contributed by atoms with Crippen LogP contribution < -0.4 is 10.6 Å². The lowest BCUT2D eigenvalue weighted by molar-refractivity contribution is 0.0960. The molecular weight excluding hydrogens is 328 g/mol. The third-order valence-electron chi connectivity index (χ3n) is 3.75. The highest BCUT2D eigenvalue weighted by Crippen LogP contribution is 2.26. The van der Waals surface area contributed by atoms with Crippen molar-refractivity contribution >= 4 is 40.1 Å². The number of hydrogen-bond donors (Lipinski definition) is 2. The lowest BCUT2D eigenvalue weighted by Crippen LogP contribution is -2.19. The van der Waals surface area contributed by atoms with E-state index in [-0.39, 0.29) is 17.6 Å². The Morgan fingerprint density at radius 3 is 2.54 bits per heavy atom. The molecule has 122 valence electrons. The Morgan fingerprint density at radius 1 is 1.08 bits per heavy atom. The van der Waals surface area contributed by atoms with Crippen molar-refractivity contribution in [2.24, 2.45) is 0 Å². The van der Waals surface area contributed by atoms with Crippen molar-refractivity contribution in [3.63, 3.8) is 0 Å². The molecule has 3 aromatic rings. The van der Waals surface area contributed by atoms with Crippen LogP contribution in [0, 0.1) is 6.92 Å². The van der Waals surface area contributed by atoms with Gasteiger partial charge in [0.05, 0.1) is 10.6 Å². The predicted molar refractivity (Wildman–Crippen MR) is 93.7 cm³/mol. The Bertz CT molecular complexity index is 947. The first kappa shape index (κ1) is 16.1. The summed E-state index contributed by atoms with van der Waals surface area (Å²) in [5.41, 5.74) is 2.17. The summed E-state index contributed by atoms with van der Waals surface area (Å²) in [6.45, 7) is 1.83. The van der Waals surface area contributed by atoms with Gasteiger partial charge in [0.25, 0.3) is 11.8 Å². The Labute approximate surface area is 143 Å². The van der Waals surface area contributed by atoms with Gasteiger partial charge in [-0.1, -0.05) is 29.8 Å². The molecule has 0 fully saturated rings. The van der Waals surface area contributed by atoms with Crippen LogP contribution in [0.5, 0.6) is 0 Å².